The fourth-order valence-corrected chi connectivity index (χ4v) is 8.36. The Balaban J connectivity index is 1.83. The Morgan fingerprint density at radius 3 is 1.85 bits per heavy atom. The van der Waals surface area contributed by atoms with Gasteiger partial charge in [-0.3, -0.25) is 0 Å². The van der Waals surface area contributed by atoms with Gasteiger partial charge in [-0.1, -0.05) is 30.3 Å². The van der Waals surface area contributed by atoms with E-state index in [1.807, 2.05) is 0 Å². The summed E-state index contributed by atoms with van der Waals surface area (Å²) in [6, 6.07) is 10.8. The first kappa shape index (κ1) is 19.5. The highest BCUT2D eigenvalue weighted by Gasteiger charge is 2.39. The van der Waals surface area contributed by atoms with Crippen molar-refractivity contribution >= 4 is 30.0 Å². The van der Waals surface area contributed by atoms with Crippen molar-refractivity contribution in [2.45, 2.75) is 12.8 Å². The molecule has 0 radical (unpaired) electrons. The van der Waals surface area contributed by atoms with Gasteiger partial charge in [0, 0.05) is 44.6 Å². The molecule has 0 amide bonds. The second-order valence-corrected chi connectivity index (χ2v) is 10.5. The van der Waals surface area contributed by atoms with Crippen molar-refractivity contribution in [3.63, 3.8) is 0 Å². The third kappa shape index (κ3) is 4.14. The fourth-order valence-electron chi connectivity index (χ4n) is 4.07. The van der Waals surface area contributed by atoms with E-state index in [1.165, 1.54) is 18.1 Å². The van der Waals surface area contributed by atoms with Crippen LogP contribution in [-0.4, -0.2) is 85.0 Å². The first-order chi connectivity index (χ1) is 13.3. The lowest BCUT2D eigenvalue weighted by Crippen LogP contribution is -2.47. The van der Waals surface area contributed by atoms with Gasteiger partial charge in [0.2, 0.25) is 0 Å². The molecule has 8 heteroatoms. The summed E-state index contributed by atoms with van der Waals surface area (Å²) in [6.45, 7) is 8.66. The molecule has 3 fully saturated rings. The second-order valence-electron chi connectivity index (χ2n) is 7.11. The molecule has 1 aromatic carbocycles. The molecule has 1 aromatic rings. The average Bonchev–Trinajstić information content (AvgIpc) is 3.29. The lowest BCUT2D eigenvalue weighted by Gasteiger charge is -2.46. The zero-order chi connectivity index (χ0) is 18.5. The molecule has 0 atom stereocenters. The van der Waals surface area contributed by atoms with Gasteiger partial charge in [0.1, 0.15) is 7.36 Å². The lowest BCUT2D eigenvalue weighted by molar-refractivity contribution is 0.0579. The normalized spacial score (nSPS) is 22.7. The zero-order valence-electron chi connectivity index (χ0n) is 15.8. The van der Waals surface area contributed by atoms with Crippen molar-refractivity contribution in [2.24, 2.45) is 4.74 Å². The van der Waals surface area contributed by atoms with E-state index in [2.05, 4.69) is 44.6 Å². The standard InChI is InChI=1S/C19H29N4O2PS/c27-19(21-8-4-5-9-21)20-26(18-6-2-1-3-7-18,22-10-14-24-15-11-22)23-12-16-25-17-13-23/h1-3,6-7H,4-5,8-17H2. The number of thiocarbonyl (C=S) groups is 1. The molecule has 0 spiro atoms. The van der Waals surface area contributed by atoms with Crippen LogP contribution in [-0.2, 0) is 9.47 Å². The van der Waals surface area contributed by atoms with Gasteiger partial charge >= 0.3 is 0 Å². The van der Waals surface area contributed by atoms with Crippen LogP contribution >= 0.6 is 19.6 Å². The van der Waals surface area contributed by atoms with E-state index in [0.717, 1.165) is 70.8 Å². The molecule has 3 aliphatic rings. The van der Waals surface area contributed by atoms with Crippen LogP contribution < -0.4 is 5.30 Å². The van der Waals surface area contributed by atoms with Crippen LogP contribution in [0.3, 0.4) is 0 Å². The van der Waals surface area contributed by atoms with E-state index in [1.54, 1.807) is 0 Å². The number of ether oxygens (including phenoxy) is 2. The van der Waals surface area contributed by atoms with Gasteiger partial charge in [0.25, 0.3) is 0 Å². The number of nitrogens with zero attached hydrogens (tertiary/aromatic N) is 4. The molecule has 3 heterocycles. The molecule has 0 aromatic heterocycles. The van der Waals surface area contributed by atoms with Crippen LogP contribution in [0.5, 0.6) is 0 Å². The minimum Gasteiger partial charge on any atom is -0.379 e. The molecule has 4 rings (SSSR count). The molecule has 0 unspecified atom stereocenters. The number of benzene rings is 1. The molecule has 3 aliphatic heterocycles. The zero-order valence-corrected chi connectivity index (χ0v) is 17.5. The van der Waals surface area contributed by atoms with Gasteiger partial charge in [-0.15, -0.1) is 0 Å². The second kappa shape index (κ2) is 9.12. The van der Waals surface area contributed by atoms with Crippen LogP contribution in [0.15, 0.2) is 35.1 Å². The van der Waals surface area contributed by atoms with Crippen LogP contribution in [0.25, 0.3) is 0 Å². The van der Waals surface area contributed by atoms with Crippen LogP contribution in [0, 0.1) is 0 Å². The van der Waals surface area contributed by atoms with E-state index < -0.39 is 7.36 Å². The molecule has 0 aliphatic carbocycles. The lowest BCUT2D eigenvalue weighted by atomic mass is 10.4. The summed E-state index contributed by atoms with van der Waals surface area (Å²) in [6.07, 6.45) is 2.42. The van der Waals surface area contributed by atoms with Crippen molar-refractivity contribution < 1.29 is 9.47 Å². The van der Waals surface area contributed by atoms with E-state index in [0.29, 0.717) is 0 Å². The first-order valence-corrected chi connectivity index (χ1v) is 12.0. The van der Waals surface area contributed by atoms with Crippen molar-refractivity contribution in [3.05, 3.63) is 30.3 Å². The molecular weight excluding hydrogens is 379 g/mol. The number of rotatable bonds is 3. The van der Waals surface area contributed by atoms with E-state index in [-0.39, 0.29) is 0 Å². The fraction of sp³-hybridized carbons (Fsp3) is 0.632. The van der Waals surface area contributed by atoms with Crippen molar-refractivity contribution in [1.29, 1.82) is 0 Å². The quantitative estimate of drug-likeness (QED) is 0.565. The Kier molecular flexibility index (Phi) is 6.58. The monoisotopic (exact) mass is 408 g/mol. The van der Waals surface area contributed by atoms with Crippen molar-refractivity contribution in [2.75, 3.05) is 65.7 Å². The van der Waals surface area contributed by atoms with E-state index >= 15 is 0 Å². The van der Waals surface area contributed by atoms with Gasteiger partial charge in [0.15, 0.2) is 5.11 Å². The SMILES string of the molecule is S=C(N=P(c1ccccc1)(N1CCOCC1)N1CCOCC1)N1CCCC1. The predicted molar refractivity (Wildman–Crippen MR) is 114 cm³/mol. The Morgan fingerprint density at radius 2 is 1.33 bits per heavy atom. The molecule has 0 bridgehead atoms. The number of likely N-dealkylation sites (tertiary alicyclic amines) is 1. The van der Waals surface area contributed by atoms with Crippen molar-refractivity contribution in [1.82, 2.24) is 14.2 Å². The predicted octanol–water partition coefficient (Wildman–Crippen LogP) is 2.39. The number of hydrogen-bond acceptors (Lipinski definition) is 3. The van der Waals surface area contributed by atoms with Gasteiger partial charge in [-0.25, -0.2) is 14.1 Å². The summed E-state index contributed by atoms with van der Waals surface area (Å²) >= 11 is 5.87. The maximum Gasteiger partial charge on any atom is 0.196 e. The largest absolute Gasteiger partial charge is 0.379 e. The number of hydrogen-bond donors (Lipinski definition) is 0. The smallest absolute Gasteiger partial charge is 0.196 e. The third-order valence-electron chi connectivity index (χ3n) is 5.47. The minimum atomic E-state index is -2.16. The van der Waals surface area contributed by atoms with Gasteiger partial charge in [-0.05, 0) is 25.1 Å². The molecule has 27 heavy (non-hydrogen) atoms. The summed E-state index contributed by atoms with van der Waals surface area (Å²) in [5.74, 6) is 0. The van der Waals surface area contributed by atoms with Gasteiger partial charge < -0.3 is 14.4 Å². The van der Waals surface area contributed by atoms with Gasteiger partial charge in [0.05, 0.1) is 26.4 Å². The summed E-state index contributed by atoms with van der Waals surface area (Å²) in [7, 11) is -2.16. The molecule has 0 N–H and O–H groups in total. The van der Waals surface area contributed by atoms with Crippen LogP contribution in [0.2, 0.25) is 0 Å². The van der Waals surface area contributed by atoms with E-state index in [4.69, 9.17) is 26.4 Å². The summed E-state index contributed by atoms with van der Waals surface area (Å²) in [4.78, 5) is 2.29. The number of morpholine rings is 2. The highest BCUT2D eigenvalue weighted by molar-refractivity contribution is 7.81. The molecular formula is C19H29N4O2PS. The van der Waals surface area contributed by atoms with E-state index in [9.17, 15) is 0 Å². The first-order valence-electron chi connectivity index (χ1n) is 9.94. The topological polar surface area (TPSA) is 40.5 Å². The minimum absolute atomic E-state index is 0.755. The Morgan fingerprint density at radius 1 is 0.815 bits per heavy atom. The third-order valence-corrected chi connectivity index (χ3v) is 9.79. The molecule has 3 saturated heterocycles. The molecule has 148 valence electrons. The van der Waals surface area contributed by atoms with Crippen molar-refractivity contribution in [3.8, 4) is 0 Å². The summed E-state index contributed by atoms with van der Waals surface area (Å²) < 4.78 is 21.9. The van der Waals surface area contributed by atoms with Crippen LogP contribution in [0.4, 0.5) is 0 Å². The maximum absolute atomic E-state index is 5.87. The van der Waals surface area contributed by atoms with Crippen LogP contribution in [0.1, 0.15) is 12.8 Å². The molecule has 0 saturated carbocycles. The highest BCUT2D eigenvalue weighted by Crippen LogP contribution is 2.56. The Bertz CT molecular complexity index is 662. The summed E-state index contributed by atoms with van der Waals surface area (Å²) in [5, 5.41) is 2.07. The van der Waals surface area contributed by atoms with Gasteiger partial charge in [-0.2, -0.15) is 0 Å². The molecule has 6 nitrogen and oxygen atoms in total. The Labute approximate surface area is 167 Å². The Hall–Kier alpha value is -0.820. The maximum atomic E-state index is 5.87. The highest BCUT2D eigenvalue weighted by atomic mass is 32.1. The summed E-state index contributed by atoms with van der Waals surface area (Å²) in [5.41, 5.74) is 0. The average molecular weight is 409 g/mol.